The summed E-state index contributed by atoms with van der Waals surface area (Å²) >= 11 is 0. The van der Waals surface area contributed by atoms with E-state index in [0.29, 0.717) is 18.7 Å². The molecule has 3 aromatic rings. The van der Waals surface area contributed by atoms with Crippen LogP contribution in [0, 0.1) is 6.92 Å². The average molecular weight is 309 g/mol. The van der Waals surface area contributed by atoms with Gasteiger partial charge in [0.25, 0.3) is 5.91 Å². The smallest absolute Gasteiger partial charge is 0.269 e. The number of amides is 1. The molecule has 0 spiro atoms. The first-order valence-electron chi connectivity index (χ1n) is 7.52. The quantitative estimate of drug-likeness (QED) is 0.783. The lowest BCUT2D eigenvalue weighted by atomic mass is 10.3. The van der Waals surface area contributed by atoms with Gasteiger partial charge in [-0.1, -0.05) is 18.2 Å². The molecule has 0 aliphatic carbocycles. The normalized spacial score (nSPS) is 10.7. The van der Waals surface area contributed by atoms with Crippen LogP contribution >= 0.6 is 0 Å². The summed E-state index contributed by atoms with van der Waals surface area (Å²) in [6.07, 6.45) is 2.61. The van der Waals surface area contributed by atoms with Crippen LogP contribution < -0.4 is 5.32 Å². The number of carbonyl (C=O) groups is 1. The Balaban J connectivity index is 1.56. The van der Waals surface area contributed by atoms with Crippen LogP contribution in [0.1, 0.15) is 21.9 Å². The van der Waals surface area contributed by atoms with E-state index in [9.17, 15) is 4.79 Å². The van der Waals surface area contributed by atoms with Gasteiger partial charge in [0.05, 0.1) is 17.1 Å². The Bertz CT molecular complexity index is 804. The Hall–Kier alpha value is -2.89. The minimum Gasteiger partial charge on any atom is -0.350 e. The van der Waals surface area contributed by atoms with Gasteiger partial charge >= 0.3 is 0 Å². The van der Waals surface area contributed by atoms with Crippen LogP contribution in [0.15, 0.2) is 48.7 Å². The van der Waals surface area contributed by atoms with Gasteiger partial charge in [0, 0.05) is 26.2 Å². The second-order valence-electron chi connectivity index (χ2n) is 5.39. The van der Waals surface area contributed by atoms with Gasteiger partial charge in [-0.25, -0.2) is 4.68 Å². The molecule has 6 nitrogen and oxygen atoms in total. The van der Waals surface area contributed by atoms with E-state index in [1.54, 1.807) is 17.8 Å². The maximum Gasteiger partial charge on any atom is 0.269 e. The molecule has 0 saturated heterocycles. The number of nitrogens with one attached hydrogen (secondary N) is 1. The summed E-state index contributed by atoms with van der Waals surface area (Å²) in [6.45, 7) is 2.40. The Morgan fingerprint density at radius 3 is 2.65 bits per heavy atom. The highest BCUT2D eigenvalue weighted by molar-refractivity contribution is 5.92. The zero-order chi connectivity index (χ0) is 16.2. The second-order valence-corrected chi connectivity index (χ2v) is 5.39. The fraction of sp³-hybridized carbons (Fsp3) is 0.235. The molecule has 0 unspecified atom stereocenters. The molecule has 0 atom stereocenters. The van der Waals surface area contributed by atoms with Crippen molar-refractivity contribution in [3.8, 4) is 5.69 Å². The second kappa shape index (κ2) is 6.48. The molecular weight excluding hydrogens is 290 g/mol. The maximum absolute atomic E-state index is 12.1. The lowest BCUT2D eigenvalue weighted by molar-refractivity contribution is 0.0944. The van der Waals surface area contributed by atoms with E-state index in [0.717, 1.165) is 17.1 Å². The molecule has 0 radical (unpaired) electrons. The third-order valence-electron chi connectivity index (χ3n) is 3.57. The minimum absolute atomic E-state index is 0.115. The van der Waals surface area contributed by atoms with Crippen molar-refractivity contribution in [1.29, 1.82) is 0 Å². The van der Waals surface area contributed by atoms with Crippen molar-refractivity contribution < 1.29 is 4.79 Å². The topological polar surface area (TPSA) is 64.7 Å². The zero-order valence-corrected chi connectivity index (χ0v) is 13.2. The summed E-state index contributed by atoms with van der Waals surface area (Å²) in [7, 11) is 1.77. The molecule has 2 aromatic heterocycles. The number of nitrogens with zero attached hydrogens (tertiary/aromatic N) is 4. The van der Waals surface area contributed by atoms with Crippen molar-refractivity contribution in [1.82, 2.24) is 24.9 Å². The van der Waals surface area contributed by atoms with Crippen molar-refractivity contribution in [3.05, 3.63) is 65.7 Å². The van der Waals surface area contributed by atoms with E-state index in [1.807, 2.05) is 54.2 Å². The van der Waals surface area contributed by atoms with Crippen LogP contribution in [0.2, 0.25) is 0 Å². The predicted octanol–water partition coefficient (Wildman–Crippen LogP) is 1.89. The number of para-hydroxylation sites is 1. The summed E-state index contributed by atoms with van der Waals surface area (Å²) in [5, 5.41) is 11.6. The van der Waals surface area contributed by atoms with E-state index in [2.05, 4.69) is 15.5 Å². The molecule has 0 fully saturated rings. The van der Waals surface area contributed by atoms with E-state index in [4.69, 9.17) is 0 Å². The molecule has 1 aromatic carbocycles. The summed E-state index contributed by atoms with van der Waals surface area (Å²) in [4.78, 5) is 12.1. The van der Waals surface area contributed by atoms with Gasteiger partial charge in [-0.3, -0.25) is 9.48 Å². The first-order chi connectivity index (χ1) is 11.1. The minimum atomic E-state index is -0.115. The zero-order valence-electron chi connectivity index (χ0n) is 13.2. The molecule has 0 aliphatic rings. The van der Waals surface area contributed by atoms with Gasteiger partial charge in [0.1, 0.15) is 5.69 Å². The van der Waals surface area contributed by atoms with Gasteiger partial charge in [-0.15, -0.1) is 0 Å². The molecule has 0 bridgehead atoms. The number of aryl methyl sites for hydroxylation is 2. The predicted molar refractivity (Wildman–Crippen MR) is 87.5 cm³/mol. The Morgan fingerprint density at radius 1 is 1.17 bits per heavy atom. The number of hydrogen-bond donors (Lipinski definition) is 1. The van der Waals surface area contributed by atoms with Gasteiger partial charge < -0.3 is 5.32 Å². The average Bonchev–Trinajstić information content (AvgIpc) is 3.14. The maximum atomic E-state index is 12.1. The fourth-order valence-electron chi connectivity index (χ4n) is 2.44. The highest BCUT2D eigenvalue weighted by atomic mass is 16.2. The van der Waals surface area contributed by atoms with Gasteiger partial charge in [0.15, 0.2) is 0 Å². The number of carbonyl (C=O) groups excluding carboxylic acids is 1. The Kier molecular flexibility index (Phi) is 4.23. The molecule has 0 saturated carbocycles. The van der Waals surface area contributed by atoms with Crippen LogP contribution in [-0.2, 0) is 13.5 Å². The molecule has 118 valence electrons. The summed E-state index contributed by atoms with van der Waals surface area (Å²) in [5.41, 5.74) is 3.36. The van der Waals surface area contributed by atoms with E-state index >= 15 is 0 Å². The van der Waals surface area contributed by atoms with Crippen LogP contribution in [0.4, 0.5) is 0 Å². The lowest BCUT2D eigenvalue weighted by Crippen LogP contribution is -2.27. The van der Waals surface area contributed by atoms with Crippen molar-refractivity contribution >= 4 is 5.91 Å². The van der Waals surface area contributed by atoms with Gasteiger partial charge in [-0.2, -0.15) is 10.2 Å². The van der Waals surface area contributed by atoms with Crippen LogP contribution in [0.5, 0.6) is 0 Å². The monoisotopic (exact) mass is 309 g/mol. The van der Waals surface area contributed by atoms with Crippen molar-refractivity contribution in [2.45, 2.75) is 13.3 Å². The first kappa shape index (κ1) is 15.0. The van der Waals surface area contributed by atoms with Crippen molar-refractivity contribution in [3.63, 3.8) is 0 Å². The first-order valence-corrected chi connectivity index (χ1v) is 7.52. The number of benzene rings is 1. The standard InChI is InChI=1S/C17H19N5O/c1-13-12-16(21(2)19-13)17(23)18-10-8-14-9-11-22(20-14)15-6-4-3-5-7-15/h3-7,9,11-12H,8,10H2,1-2H3,(H,18,23). The molecule has 2 heterocycles. The van der Waals surface area contributed by atoms with Gasteiger partial charge in [0.2, 0.25) is 0 Å². The Morgan fingerprint density at radius 2 is 1.96 bits per heavy atom. The summed E-state index contributed by atoms with van der Waals surface area (Å²) in [6, 6.07) is 13.7. The number of hydrogen-bond acceptors (Lipinski definition) is 3. The molecule has 1 N–H and O–H groups in total. The molecular formula is C17H19N5O. The fourth-order valence-corrected chi connectivity index (χ4v) is 2.44. The molecule has 3 rings (SSSR count). The molecule has 1 amide bonds. The number of aromatic nitrogens is 4. The van der Waals surface area contributed by atoms with Crippen LogP contribution in [0.3, 0.4) is 0 Å². The van der Waals surface area contributed by atoms with E-state index < -0.39 is 0 Å². The third kappa shape index (κ3) is 3.48. The van der Waals surface area contributed by atoms with Crippen LogP contribution in [-0.4, -0.2) is 32.0 Å². The Labute approximate surface area is 134 Å². The van der Waals surface area contributed by atoms with E-state index in [-0.39, 0.29) is 5.91 Å². The summed E-state index contributed by atoms with van der Waals surface area (Å²) < 4.78 is 3.43. The highest BCUT2D eigenvalue weighted by Crippen LogP contribution is 2.07. The van der Waals surface area contributed by atoms with Gasteiger partial charge in [-0.05, 0) is 31.2 Å². The molecule has 23 heavy (non-hydrogen) atoms. The molecule has 6 heteroatoms. The summed E-state index contributed by atoms with van der Waals surface area (Å²) in [5.74, 6) is -0.115. The number of rotatable bonds is 5. The SMILES string of the molecule is Cc1cc(C(=O)NCCc2ccn(-c3ccccc3)n2)n(C)n1. The van der Waals surface area contributed by atoms with Crippen LogP contribution in [0.25, 0.3) is 5.69 Å². The largest absolute Gasteiger partial charge is 0.350 e. The third-order valence-corrected chi connectivity index (χ3v) is 3.57. The van der Waals surface area contributed by atoms with Crippen molar-refractivity contribution in [2.24, 2.45) is 7.05 Å². The lowest BCUT2D eigenvalue weighted by Gasteiger charge is -2.04. The van der Waals surface area contributed by atoms with Crippen molar-refractivity contribution in [2.75, 3.05) is 6.54 Å². The molecule has 0 aliphatic heterocycles. The highest BCUT2D eigenvalue weighted by Gasteiger charge is 2.11. The van der Waals surface area contributed by atoms with E-state index in [1.165, 1.54) is 0 Å².